The maximum absolute atomic E-state index is 12.8. The predicted octanol–water partition coefficient (Wildman–Crippen LogP) is 4.30. The largest absolute Gasteiger partial charge is 0.443 e. The molecule has 0 saturated carbocycles. The van der Waals surface area contributed by atoms with Crippen molar-refractivity contribution in [3.63, 3.8) is 0 Å². The van der Waals surface area contributed by atoms with Gasteiger partial charge in [0.2, 0.25) is 0 Å². The molecule has 6 heteroatoms. The Bertz CT molecular complexity index is 415. The van der Waals surface area contributed by atoms with E-state index in [-0.39, 0.29) is 5.41 Å². The van der Waals surface area contributed by atoms with Gasteiger partial charge in [-0.1, -0.05) is 34.6 Å². The molecule has 19 heavy (non-hydrogen) atoms. The molecule has 0 aliphatic carbocycles. The molecule has 1 aromatic rings. The lowest BCUT2D eigenvalue weighted by Crippen LogP contribution is -2.24. The van der Waals surface area contributed by atoms with E-state index in [4.69, 9.17) is 0 Å². The Morgan fingerprint density at radius 3 is 2.00 bits per heavy atom. The lowest BCUT2D eigenvalue weighted by molar-refractivity contribution is -0.137. The van der Waals surface area contributed by atoms with Crippen LogP contribution in [0.2, 0.25) is 0 Å². The van der Waals surface area contributed by atoms with Gasteiger partial charge in [0.05, 0.1) is 5.69 Å². The first kappa shape index (κ1) is 16.4. The van der Waals surface area contributed by atoms with Gasteiger partial charge in [-0.2, -0.15) is 13.2 Å². The molecule has 0 bridgehead atoms. The molecule has 0 radical (unpaired) electrons. The number of nitrogens with zero attached hydrogens (tertiary/aromatic N) is 2. The Morgan fingerprint density at radius 2 is 1.63 bits per heavy atom. The molecule has 0 unspecified atom stereocenters. The van der Waals surface area contributed by atoms with Crippen molar-refractivity contribution in [3.05, 3.63) is 15.6 Å². The molecule has 0 aliphatic rings. The highest BCUT2D eigenvalue weighted by molar-refractivity contribution is 7.11. The van der Waals surface area contributed by atoms with E-state index >= 15 is 0 Å². The van der Waals surface area contributed by atoms with Gasteiger partial charge in [0, 0.05) is 16.8 Å². The molecule has 0 amide bonds. The van der Waals surface area contributed by atoms with Gasteiger partial charge in [0.25, 0.3) is 0 Å². The third-order valence-corrected chi connectivity index (χ3v) is 4.00. The molecule has 0 atom stereocenters. The number of thiazole rings is 1. The summed E-state index contributed by atoms with van der Waals surface area (Å²) in [5.41, 5.74) is 0.194. The summed E-state index contributed by atoms with van der Waals surface area (Å²) in [4.78, 5) is 6.67. The van der Waals surface area contributed by atoms with Crippen LogP contribution in [0.25, 0.3) is 0 Å². The second-order valence-corrected chi connectivity index (χ2v) is 6.58. The summed E-state index contributed by atoms with van der Waals surface area (Å²) in [6.07, 6.45) is -4.35. The Morgan fingerprint density at radius 1 is 1.11 bits per heavy atom. The van der Waals surface area contributed by atoms with Crippen molar-refractivity contribution in [2.45, 2.75) is 52.8 Å². The van der Waals surface area contributed by atoms with Gasteiger partial charge in [-0.3, -0.25) is 4.90 Å². The van der Waals surface area contributed by atoms with E-state index in [2.05, 4.69) is 9.88 Å². The summed E-state index contributed by atoms with van der Waals surface area (Å²) in [5, 5.41) is -0.736. The highest BCUT2D eigenvalue weighted by Gasteiger charge is 2.37. The molecular weight excluding hydrogens is 273 g/mol. The van der Waals surface area contributed by atoms with Crippen LogP contribution in [0.5, 0.6) is 0 Å². The van der Waals surface area contributed by atoms with Gasteiger partial charge in [-0.15, -0.1) is 11.3 Å². The molecule has 0 N–H and O–H groups in total. The van der Waals surface area contributed by atoms with Gasteiger partial charge in [0.1, 0.15) is 0 Å². The van der Waals surface area contributed by atoms with Crippen LogP contribution in [0.15, 0.2) is 0 Å². The zero-order chi connectivity index (χ0) is 14.8. The fourth-order valence-electron chi connectivity index (χ4n) is 1.82. The second-order valence-electron chi connectivity index (χ2n) is 5.50. The van der Waals surface area contributed by atoms with Gasteiger partial charge >= 0.3 is 6.18 Å². The van der Waals surface area contributed by atoms with Crippen LogP contribution in [0.1, 0.15) is 50.2 Å². The first-order valence-electron chi connectivity index (χ1n) is 6.39. The summed E-state index contributed by atoms with van der Waals surface area (Å²) < 4.78 is 38.4. The quantitative estimate of drug-likeness (QED) is 0.823. The number of hydrogen-bond acceptors (Lipinski definition) is 3. The number of alkyl halides is 3. The number of hydrogen-bond donors (Lipinski definition) is 0. The van der Waals surface area contributed by atoms with Crippen LogP contribution in [-0.2, 0) is 18.1 Å². The molecule has 1 heterocycles. The van der Waals surface area contributed by atoms with Gasteiger partial charge in [0.15, 0.2) is 5.01 Å². The van der Waals surface area contributed by atoms with Crippen molar-refractivity contribution < 1.29 is 13.2 Å². The molecule has 0 aromatic carbocycles. The van der Waals surface area contributed by atoms with E-state index in [1.807, 2.05) is 34.6 Å². The van der Waals surface area contributed by atoms with Gasteiger partial charge in [-0.05, 0) is 13.1 Å². The fourth-order valence-corrected chi connectivity index (χ4v) is 3.00. The minimum absolute atomic E-state index is 0.373. The first-order chi connectivity index (χ1) is 8.59. The summed E-state index contributed by atoms with van der Waals surface area (Å²) in [5.74, 6) is 0. The molecule has 110 valence electrons. The van der Waals surface area contributed by atoms with Crippen molar-refractivity contribution >= 4 is 11.3 Å². The fraction of sp³-hybridized carbons (Fsp3) is 0.769. The molecule has 0 saturated heterocycles. The molecule has 0 fully saturated rings. The molecule has 0 aliphatic heterocycles. The summed E-state index contributed by atoms with van der Waals surface area (Å²) in [7, 11) is 0. The SMILES string of the molecule is CCN(CC)Cc1sc(C(F)(F)F)nc1C(C)(C)C. The van der Waals surface area contributed by atoms with E-state index in [1.54, 1.807) is 0 Å². The average molecular weight is 294 g/mol. The van der Waals surface area contributed by atoms with Crippen LogP contribution in [-0.4, -0.2) is 23.0 Å². The maximum atomic E-state index is 12.8. The predicted molar refractivity (Wildman–Crippen MR) is 72.4 cm³/mol. The number of aromatic nitrogens is 1. The summed E-state index contributed by atoms with van der Waals surface area (Å²) in [6.45, 7) is 11.9. The van der Waals surface area contributed by atoms with Crippen molar-refractivity contribution in [3.8, 4) is 0 Å². The van der Waals surface area contributed by atoms with E-state index in [0.717, 1.165) is 29.3 Å². The first-order valence-corrected chi connectivity index (χ1v) is 7.21. The van der Waals surface area contributed by atoms with E-state index in [9.17, 15) is 13.2 Å². The standard InChI is InChI=1S/C13H21F3N2S/c1-6-18(7-2)8-9-10(12(3,4)5)17-11(19-9)13(14,15)16/h6-8H2,1-5H3. The van der Waals surface area contributed by atoms with Crippen LogP contribution in [0.4, 0.5) is 13.2 Å². The zero-order valence-corrected chi connectivity index (χ0v) is 12.9. The lowest BCUT2D eigenvalue weighted by atomic mass is 9.91. The van der Waals surface area contributed by atoms with Crippen molar-refractivity contribution in [2.75, 3.05) is 13.1 Å². The minimum Gasteiger partial charge on any atom is -0.299 e. The van der Waals surface area contributed by atoms with Crippen LogP contribution in [0.3, 0.4) is 0 Å². The molecule has 1 rings (SSSR count). The average Bonchev–Trinajstić information content (AvgIpc) is 2.68. The highest BCUT2D eigenvalue weighted by Crippen LogP contribution is 2.38. The normalized spacial score (nSPS) is 13.3. The van der Waals surface area contributed by atoms with Crippen LogP contribution >= 0.6 is 11.3 Å². The topological polar surface area (TPSA) is 16.1 Å². The number of rotatable bonds is 4. The van der Waals surface area contributed by atoms with Crippen LogP contribution < -0.4 is 0 Å². The second kappa shape index (κ2) is 5.79. The Hall–Kier alpha value is -0.620. The molecule has 0 spiro atoms. The highest BCUT2D eigenvalue weighted by atomic mass is 32.1. The van der Waals surface area contributed by atoms with Crippen molar-refractivity contribution in [1.82, 2.24) is 9.88 Å². The number of halogens is 3. The van der Waals surface area contributed by atoms with Crippen LogP contribution in [0, 0.1) is 0 Å². The monoisotopic (exact) mass is 294 g/mol. The lowest BCUT2D eigenvalue weighted by Gasteiger charge is -2.22. The van der Waals surface area contributed by atoms with E-state index in [0.29, 0.717) is 12.2 Å². The maximum Gasteiger partial charge on any atom is 0.443 e. The summed E-state index contributed by atoms with van der Waals surface area (Å²) in [6, 6.07) is 0. The molecule has 2 nitrogen and oxygen atoms in total. The van der Waals surface area contributed by atoms with Gasteiger partial charge < -0.3 is 0 Å². The minimum atomic E-state index is -4.35. The molecule has 1 aromatic heterocycles. The van der Waals surface area contributed by atoms with Gasteiger partial charge in [-0.25, -0.2) is 4.98 Å². The third kappa shape index (κ3) is 4.18. The zero-order valence-electron chi connectivity index (χ0n) is 12.1. The smallest absolute Gasteiger partial charge is 0.299 e. The molecular formula is C13H21F3N2S. The Balaban J connectivity index is 3.17. The third-order valence-electron chi connectivity index (χ3n) is 2.91. The Kier molecular flexibility index (Phi) is 5.01. The van der Waals surface area contributed by atoms with E-state index in [1.165, 1.54) is 0 Å². The summed E-state index contributed by atoms with van der Waals surface area (Å²) >= 11 is 0.775. The Labute approximate surface area is 116 Å². The van der Waals surface area contributed by atoms with Crippen molar-refractivity contribution in [1.29, 1.82) is 0 Å². The van der Waals surface area contributed by atoms with Crippen molar-refractivity contribution in [2.24, 2.45) is 0 Å². The van der Waals surface area contributed by atoms with E-state index < -0.39 is 11.2 Å².